The predicted molar refractivity (Wildman–Crippen MR) is 171 cm³/mol. The molecule has 0 aliphatic carbocycles. The molecule has 0 fully saturated rings. The first kappa shape index (κ1) is 32.9. The largest absolute Gasteiger partial charge is 0.352 e. The Labute approximate surface area is 252 Å². The molecular weight excluding hydrogens is 546 g/mol. The number of aryl methyl sites for hydroxylation is 3. The van der Waals surface area contributed by atoms with Crippen LogP contribution in [0.25, 0.3) is 0 Å². The highest BCUT2D eigenvalue weighted by molar-refractivity contribution is 7.92. The topological polar surface area (TPSA) is 86.8 Å². The van der Waals surface area contributed by atoms with Crippen molar-refractivity contribution in [2.75, 3.05) is 17.1 Å². The molecule has 8 heteroatoms. The van der Waals surface area contributed by atoms with Gasteiger partial charge in [0.1, 0.15) is 6.04 Å². The number of hydrogen-bond acceptors (Lipinski definition) is 4. The summed E-state index contributed by atoms with van der Waals surface area (Å²) < 4.78 is 26.8. The zero-order chi connectivity index (χ0) is 30.9. The Morgan fingerprint density at radius 1 is 0.857 bits per heavy atom. The van der Waals surface area contributed by atoms with E-state index in [2.05, 4.69) is 5.32 Å². The third-order valence-electron chi connectivity index (χ3n) is 7.39. The van der Waals surface area contributed by atoms with Crippen molar-refractivity contribution in [2.45, 2.75) is 78.9 Å². The van der Waals surface area contributed by atoms with Crippen molar-refractivity contribution in [2.24, 2.45) is 0 Å². The van der Waals surface area contributed by atoms with Gasteiger partial charge in [-0.1, -0.05) is 73.2 Å². The normalized spacial score (nSPS) is 12.8. The van der Waals surface area contributed by atoms with Crippen LogP contribution >= 0.6 is 0 Å². The Kier molecular flexibility index (Phi) is 11.7. The smallest absolute Gasteiger partial charge is 0.243 e. The van der Waals surface area contributed by atoms with E-state index < -0.39 is 16.1 Å². The molecule has 3 rings (SSSR count). The van der Waals surface area contributed by atoms with Gasteiger partial charge >= 0.3 is 0 Å². The monoisotopic (exact) mass is 591 g/mol. The van der Waals surface area contributed by atoms with Crippen LogP contribution in [0.2, 0.25) is 0 Å². The van der Waals surface area contributed by atoms with Crippen molar-refractivity contribution in [1.29, 1.82) is 0 Å². The summed E-state index contributed by atoms with van der Waals surface area (Å²) >= 11 is 0. The molecule has 0 radical (unpaired) electrons. The Morgan fingerprint density at radius 3 is 2.05 bits per heavy atom. The quantitative estimate of drug-likeness (QED) is 0.260. The van der Waals surface area contributed by atoms with Crippen LogP contribution in [0.3, 0.4) is 0 Å². The average molecular weight is 592 g/mol. The highest BCUT2D eigenvalue weighted by atomic mass is 32.2. The summed E-state index contributed by atoms with van der Waals surface area (Å²) in [7, 11) is -3.56. The fourth-order valence-electron chi connectivity index (χ4n) is 4.98. The molecule has 0 unspecified atom stereocenters. The molecule has 0 aliphatic heterocycles. The molecule has 0 bridgehead atoms. The van der Waals surface area contributed by atoms with Gasteiger partial charge in [0.15, 0.2) is 0 Å². The van der Waals surface area contributed by atoms with Crippen LogP contribution in [0.1, 0.15) is 60.9 Å². The molecule has 3 aromatic carbocycles. The van der Waals surface area contributed by atoms with Crippen LogP contribution < -0.4 is 9.62 Å². The van der Waals surface area contributed by atoms with E-state index in [0.29, 0.717) is 18.5 Å². The lowest BCUT2D eigenvalue weighted by Crippen LogP contribution is -2.52. The summed E-state index contributed by atoms with van der Waals surface area (Å²) in [6, 6.07) is 22.6. The Bertz CT molecular complexity index is 1420. The Morgan fingerprint density at radius 2 is 1.48 bits per heavy atom. The number of carbonyl (C=O) groups excluding carboxylic acids is 2. The van der Waals surface area contributed by atoms with Gasteiger partial charge < -0.3 is 10.2 Å². The van der Waals surface area contributed by atoms with E-state index in [0.717, 1.165) is 34.2 Å². The van der Waals surface area contributed by atoms with E-state index in [9.17, 15) is 18.0 Å². The number of hydrogen-bond donors (Lipinski definition) is 1. The third-order valence-corrected chi connectivity index (χ3v) is 8.59. The van der Waals surface area contributed by atoms with E-state index in [4.69, 9.17) is 0 Å². The number of carbonyl (C=O) groups is 2. The van der Waals surface area contributed by atoms with Crippen molar-refractivity contribution < 1.29 is 18.0 Å². The first-order valence-corrected chi connectivity index (χ1v) is 16.5. The van der Waals surface area contributed by atoms with Crippen LogP contribution in [0.4, 0.5) is 5.69 Å². The predicted octanol–water partition coefficient (Wildman–Crippen LogP) is 5.71. The lowest BCUT2D eigenvalue weighted by molar-refractivity contribution is -0.141. The molecule has 7 nitrogen and oxygen atoms in total. The van der Waals surface area contributed by atoms with Crippen molar-refractivity contribution in [3.05, 3.63) is 101 Å². The van der Waals surface area contributed by atoms with Gasteiger partial charge in [0.25, 0.3) is 0 Å². The van der Waals surface area contributed by atoms with Gasteiger partial charge in [-0.05, 0) is 74.9 Å². The van der Waals surface area contributed by atoms with Gasteiger partial charge in [-0.2, -0.15) is 0 Å². The van der Waals surface area contributed by atoms with Crippen molar-refractivity contribution in [3.63, 3.8) is 0 Å². The molecule has 42 heavy (non-hydrogen) atoms. The van der Waals surface area contributed by atoms with E-state index >= 15 is 0 Å². The number of amides is 2. The van der Waals surface area contributed by atoms with Gasteiger partial charge in [0.05, 0.1) is 11.9 Å². The highest BCUT2D eigenvalue weighted by Crippen LogP contribution is 2.23. The molecule has 0 saturated heterocycles. The van der Waals surface area contributed by atoms with Gasteiger partial charge in [0.2, 0.25) is 21.8 Å². The zero-order valence-electron chi connectivity index (χ0n) is 25.8. The first-order valence-electron chi connectivity index (χ1n) is 14.6. The van der Waals surface area contributed by atoms with Crippen molar-refractivity contribution in [3.8, 4) is 0 Å². The lowest BCUT2D eigenvalue weighted by Gasteiger charge is -2.33. The SMILES string of the molecule is CC[C@@H](C)NC(=O)[C@@H](Cc1ccccc1)N(Cc1ccc(C)cc1)C(=O)CCCN(c1cc(C)cc(C)c1)S(C)(=O)=O. The van der Waals surface area contributed by atoms with Gasteiger partial charge in [0, 0.05) is 32.0 Å². The minimum absolute atomic E-state index is 0.0341. The number of anilines is 1. The molecule has 2 amide bonds. The van der Waals surface area contributed by atoms with Crippen molar-refractivity contribution in [1.82, 2.24) is 10.2 Å². The maximum Gasteiger partial charge on any atom is 0.243 e. The molecule has 0 saturated carbocycles. The Balaban J connectivity index is 1.90. The summed E-state index contributed by atoms with van der Waals surface area (Å²) in [5, 5.41) is 3.09. The summed E-state index contributed by atoms with van der Waals surface area (Å²) in [6.45, 7) is 10.3. The van der Waals surface area contributed by atoms with Gasteiger partial charge in [-0.3, -0.25) is 13.9 Å². The minimum atomic E-state index is -3.56. The summed E-state index contributed by atoms with van der Waals surface area (Å²) in [4.78, 5) is 29.3. The fourth-order valence-corrected chi connectivity index (χ4v) is 5.93. The molecule has 1 N–H and O–H groups in total. The molecule has 0 spiro atoms. The molecule has 0 aliphatic rings. The van der Waals surface area contributed by atoms with E-state index in [1.807, 2.05) is 107 Å². The molecule has 226 valence electrons. The summed E-state index contributed by atoms with van der Waals surface area (Å²) in [6.07, 6.45) is 2.75. The van der Waals surface area contributed by atoms with Crippen LogP contribution in [0, 0.1) is 20.8 Å². The van der Waals surface area contributed by atoms with E-state index in [-0.39, 0.29) is 37.4 Å². The minimum Gasteiger partial charge on any atom is -0.352 e. The maximum atomic E-state index is 14.0. The second-order valence-corrected chi connectivity index (χ2v) is 13.2. The highest BCUT2D eigenvalue weighted by Gasteiger charge is 2.31. The van der Waals surface area contributed by atoms with Crippen LogP contribution in [-0.2, 0) is 32.6 Å². The maximum absolute atomic E-state index is 14.0. The molecule has 3 aromatic rings. The summed E-state index contributed by atoms with van der Waals surface area (Å²) in [5.74, 6) is -0.383. The standard InChI is InChI=1S/C34H45N3O4S/c1-7-28(5)35-34(39)32(23-29-12-9-8-10-13-29)36(24-30-17-15-25(2)16-18-30)33(38)14-11-19-37(42(6,40)41)31-21-26(3)20-27(4)22-31/h8-10,12-13,15-18,20-22,28,32H,7,11,14,19,23-24H2,1-6H3,(H,35,39)/t28-,32-/m1/s1. The van der Waals surface area contributed by atoms with Crippen LogP contribution in [0.15, 0.2) is 72.8 Å². The van der Waals surface area contributed by atoms with E-state index in [1.54, 1.807) is 4.90 Å². The fraction of sp³-hybridized carbons (Fsp3) is 0.412. The molecule has 0 heterocycles. The Hall–Kier alpha value is -3.65. The van der Waals surface area contributed by atoms with Crippen LogP contribution in [-0.4, -0.2) is 50.0 Å². The molecular formula is C34H45N3O4S. The number of nitrogens with zero attached hydrogens (tertiary/aromatic N) is 2. The number of sulfonamides is 1. The van der Waals surface area contributed by atoms with Gasteiger partial charge in [-0.15, -0.1) is 0 Å². The summed E-state index contributed by atoms with van der Waals surface area (Å²) in [5.41, 5.74) is 5.52. The third kappa shape index (κ3) is 9.72. The number of rotatable bonds is 14. The van der Waals surface area contributed by atoms with Gasteiger partial charge in [-0.25, -0.2) is 8.42 Å². The second-order valence-electron chi connectivity index (χ2n) is 11.3. The van der Waals surface area contributed by atoms with E-state index in [1.165, 1.54) is 10.6 Å². The van der Waals surface area contributed by atoms with Crippen LogP contribution in [0.5, 0.6) is 0 Å². The molecule has 0 aromatic heterocycles. The average Bonchev–Trinajstić information content (AvgIpc) is 2.93. The number of nitrogens with one attached hydrogen (secondary N) is 1. The lowest BCUT2D eigenvalue weighted by atomic mass is 10.0. The van der Waals surface area contributed by atoms with Crippen molar-refractivity contribution >= 4 is 27.5 Å². The molecule has 2 atom stereocenters. The second kappa shape index (κ2) is 15.0. The number of benzene rings is 3. The zero-order valence-corrected chi connectivity index (χ0v) is 26.6. The first-order chi connectivity index (χ1) is 19.9.